The lowest BCUT2D eigenvalue weighted by Crippen LogP contribution is -2.45. The lowest BCUT2D eigenvalue weighted by atomic mass is 10.1. The average Bonchev–Trinajstić information content (AvgIpc) is 3.23. The number of carbonyl (C=O) groups is 1. The van der Waals surface area contributed by atoms with Gasteiger partial charge in [-0.3, -0.25) is 9.69 Å². The number of nitrogens with one attached hydrogen (secondary N) is 2. The van der Waals surface area contributed by atoms with E-state index < -0.39 is 0 Å². The number of aryl methyl sites for hydroxylation is 1. The topological polar surface area (TPSA) is 68.4 Å². The molecule has 0 saturated carbocycles. The molecular weight excluding hydrogens is 424 g/mol. The third-order valence-electron chi connectivity index (χ3n) is 6.27. The molecular formula is C25H29ClN4O2. The number of fused-ring (bicyclic) bond motifs is 1. The normalized spacial score (nSPS) is 16.4. The van der Waals surface area contributed by atoms with Crippen LogP contribution in [0.15, 0.2) is 53.3 Å². The summed E-state index contributed by atoms with van der Waals surface area (Å²) in [4.78, 5) is 33.3. The predicted octanol–water partition coefficient (Wildman–Crippen LogP) is 5.01. The van der Waals surface area contributed by atoms with Crippen LogP contribution in [0, 0.1) is 6.92 Å². The molecule has 0 radical (unpaired) electrons. The number of aromatic amines is 1. The molecule has 0 aliphatic carbocycles. The molecule has 3 aromatic rings. The number of anilines is 1. The third-order valence-corrected chi connectivity index (χ3v) is 6.59. The van der Waals surface area contributed by atoms with E-state index in [-0.39, 0.29) is 24.2 Å². The van der Waals surface area contributed by atoms with Crippen molar-refractivity contribution in [2.45, 2.75) is 39.3 Å². The summed E-state index contributed by atoms with van der Waals surface area (Å²) >= 11 is 6.26. The first-order valence-electron chi connectivity index (χ1n) is 11.1. The minimum Gasteiger partial charge on any atom is -0.321 e. The van der Waals surface area contributed by atoms with Gasteiger partial charge in [-0.15, -0.1) is 0 Å². The molecule has 2 N–H and O–H groups in total. The maximum atomic E-state index is 13.3. The SMILES string of the molecule is CCN1CCC[C@@H]1CN(Cc1cc2cccc(C)c2[nH]c1=O)C(=O)Nc1ccccc1Cl. The maximum Gasteiger partial charge on any atom is 0.322 e. The summed E-state index contributed by atoms with van der Waals surface area (Å²) < 4.78 is 0. The largest absolute Gasteiger partial charge is 0.322 e. The molecule has 32 heavy (non-hydrogen) atoms. The summed E-state index contributed by atoms with van der Waals surface area (Å²) in [5.74, 6) is 0. The van der Waals surface area contributed by atoms with E-state index in [1.807, 2.05) is 43.3 Å². The number of rotatable bonds is 6. The molecule has 1 aromatic heterocycles. The fourth-order valence-corrected chi connectivity index (χ4v) is 4.68. The van der Waals surface area contributed by atoms with Gasteiger partial charge in [0.25, 0.3) is 5.56 Å². The second-order valence-corrected chi connectivity index (χ2v) is 8.79. The zero-order valence-corrected chi connectivity index (χ0v) is 19.3. The number of aromatic nitrogens is 1. The molecule has 0 unspecified atom stereocenters. The first kappa shape index (κ1) is 22.4. The fraction of sp³-hybridized carbons (Fsp3) is 0.360. The lowest BCUT2D eigenvalue weighted by molar-refractivity contribution is 0.174. The van der Waals surface area contributed by atoms with Gasteiger partial charge < -0.3 is 15.2 Å². The number of H-pyrrole nitrogens is 1. The molecule has 7 heteroatoms. The molecule has 168 valence electrons. The van der Waals surface area contributed by atoms with Gasteiger partial charge in [-0.05, 0) is 62.0 Å². The van der Waals surface area contributed by atoms with Crippen molar-refractivity contribution in [3.05, 3.63) is 75.0 Å². The Labute approximate surface area is 193 Å². The molecule has 1 aliphatic rings. The van der Waals surface area contributed by atoms with E-state index in [2.05, 4.69) is 22.1 Å². The van der Waals surface area contributed by atoms with Crippen LogP contribution in [-0.4, -0.2) is 46.5 Å². The molecule has 2 aromatic carbocycles. The van der Waals surface area contributed by atoms with Gasteiger partial charge in [-0.2, -0.15) is 0 Å². The van der Waals surface area contributed by atoms with E-state index in [0.717, 1.165) is 42.4 Å². The number of likely N-dealkylation sites (N-methyl/N-ethyl adjacent to an activating group) is 1. The van der Waals surface area contributed by atoms with Crippen LogP contribution in [0.5, 0.6) is 0 Å². The number of pyridine rings is 1. The highest BCUT2D eigenvalue weighted by atomic mass is 35.5. The second kappa shape index (κ2) is 9.76. The third kappa shape index (κ3) is 4.81. The number of carbonyl (C=O) groups excluding carboxylic acids is 1. The Bertz CT molecular complexity index is 1180. The molecule has 6 nitrogen and oxygen atoms in total. The molecule has 1 atom stereocenters. The standard InChI is InChI=1S/C25H29ClN4O2/c1-3-29-13-7-10-20(29)16-30(25(32)27-22-12-5-4-11-21(22)26)15-19-14-18-9-6-8-17(2)23(18)28-24(19)31/h4-6,8-9,11-12,14,20H,3,7,10,13,15-16H2,1-2H3,(H,27,32)(H,28,31)/t20-/m1/s1. The molecule has 1 saturated heterocycles. The number of hydrogen-bond donors (Lipinski definition) is 2. The van der Waals surface area contributed by atoms with E-state index in [9.17, 15) is 9.59 Å². The smallest absolute Gasteiger partial charge is 0.321 e. The van der Waals surface area contributed by atoms with Gasteiger partial charge in [0.1, 0.15) is 0 Å². The summed E-state index contributed by atoms with van der Waals surface area (Å²) in [5, 5.41) is 4.37. The maximum absolute atomic E-state index is 13.3. The Balaban J connectivity index is 1.63. The summed E-state index contributed by atoms with van der Waals surface area (Å²) in [6.07, 6.45) is 2.16. The molecule has 2 heterocycles. The van der Waals surface area contributed by atoms with Crippen LogP contribution in [0.2, 0.25) is 5.02 Å². The Hall–Kier alpha value is -2.83. The van der Waals surface area contributed by atoms with Crippen LogP contribution in [0.25, 0.3) is 10.9 Å². The average molecular weight is 453 g/mol. The minimum absolute atomic E-state index is 0.166. The van der Waals surface area contributed by atoms with Crippen molar-refractivity contribution in [1.29, 1.82) is 0 Å². The first-order valence-corrected chi connectivity index (χ1v) is 11.5. The van der Waals surface area contributed by atoms with Crippen LogP contribution in [0.3, 0.4) is 0 Å². The Morgan fingerprint density at radius 3 is 2.84 bits per heavy atom. The van der Waals surface area contributed by atoms with Gasteiger partial charge in [0.2, 0.25) is 0 Å². The Morgan fingerprint density at radius 1 is 1.25 bits per heavy atom. The first-order chi connectivity index (χ1) is 15.5. The monoisotopic (exact) mass is 452 g/mol. The summed E-state index contributed by atoms with van der Waals surface area (Å²) in [6, 6.07) is 15.0. The molecule has 4 rings (SSSR count). The van der Waals surface area contributed by atoms with Crippen molar-refractivity contribution in [1.82, 2.24) is 14.8 Å². The molecule has 1 aliphatic heterocycles. The number of hydrogen-bond acceptors (Lipinski definition) is 3. The van der Waals surface area contributed by atoms with E-state index in [0.29, 0.717) is 22.8 Å². The molecule has 2 amide bonds. The Kier molecular flexibility index (Phi) is 6.82. The highest BCUT2D eigenvalue weighted by Crippen LogP contribution is 2.23. The van der Waals surface area contributed by atoms with Crippen molar-refractivity contribution in [3.63, 3.8) is 0 Å². The second-order valence-electron chi connectivity index (χ2n) is 8.38. The van der Waals surface area contributed by atoms with Crippen LogP contribution in [-0.2, 0) is 6.54 Å². The van der Waals surface area contributed by atoms with Crippen molar-refractivity contribution in [3.8, 4) is 0 Å². The summed E-state index contributed by atoms with van der Waals surface area (Å²) in [6.45, 7) is 6.87. The van der Waals surface area contributed by atoms with Gasteiger partial charge in [0.05, 0.1) is 22.8 Å². The van der Waals surface area contributed by atoms with Crippen molar-refractivity contribution in [2.24, 2.45) is 0 Å². The number of urea groups is 1. The highest BCUT2D eigenvalue weighted by molar-refractivity contribution is 6.33. The van der Waals surface area contributed by atoms with Gasteiger partial charge in [0, 0.05) is 18.2 Å². The van der Waals surface area contributed by atoms with Crippen LogP contribution >= 0.6 is 11.6 Å². The van der Waals surface area contributed by atoms with Crippen LogP contribution < -0.4 is 10.9 Å². The number of nitrogens with zero attached hydrogens (tertiary/aromatic N) is 2. The molecule has 0 spiro atoms. The van der Waals surface area contributed by atoms with Crippen LogP contribution in [0.1, 0.15) is 30.9 Å². The van der Waals surface area contributed by atoms with Crippen molar-refractivity contribution in [2.75, 3.05) is 25.0 Å². The van der Waals surface area contributed by atoms with E-state index in [1.54, 1.807) is 17.0 Å². The number of amides is 2. The predicted molar refractivity (Wildman–Crippen MR) is 130 cm³/mol. The number of para-hydroxylation sites is 2. The minimum atomic E-state index is -0.259. The van der Waals surface area contributed by atoms with E-state index >= 15 is 0 Å². The molecule has 0 bridgehead atoms. The lowest BCUT2D eigenvalue weighted by Gasteiger charge is -2.30. The van der Waals surface area contributed by atoms with E-state index in [4.69, 9.17) is 11.6 Å². The Morgan fingerprint density at radius 2 is 2.06 bits per heavy atom. The quantitative estimate of drug-likeness (QED) is 0.552. The number of benzene rings is 2. The number of halogens is 1. The van der Waals surface area contributed by atoms with Crippen molar-refractivity contribution < 1.29 is 4.79 Å². The van der Waals surface area contributed by atoms with Crippen LogP contribution in [0.4, 0.5) is 10.5 Å². The highest BCUT2D eigenvalue weighted by Gasteiger charge is 2.28. The van der Waals surface area contributed by atoms with E-state index in [1.165, 1.54) is 0 Å². The molecule has 1 fully saturated rings. The summed E-state index contributed by atoms with van der Waals surface area (Å²) in [7, 11) is 0. The number of likely N-dealkylation sites (tertiary alicyclic amines) is 1. The van der Waals surface area contributed by atoms with Gasteiger partial charge >= 0.3 is 6.03 Å². The van der Waals surface area contributed by atoms with Crippen molar-refractivity contribution >= 4 is 34.2 Å². The van der Waals surface area contributed by atoms with Gasteiger partial charge in [-0.25, -0.2) is 4.79 Å². The zero-order chi connectivity index (χ0) is 22.7. The summed E-state index contributed by atoms with van der Waals surface area (Å²) in [5.41, 5.74) is 2.82. The van der Waals surface area contributed by atoms with Gasteiger partial charge in [-0.1, -0.05) is 48.9 Å². The van der Waals surface area contributed by atoms with Gasteiger partial charge in [0.15, 0.2) is 0 Å². The fourth-order valence-electron chi connectivity index (χ4n) is 4.50. The zero-order valence-electron chi connectivity index (χ0n) is 18.5.